The van der Waals surface area contributed by atoms with Crippen LogP contribution in [0.15, 0.2) is 54.6 Å². The quantitative estimate of drug-likeness (QED) is 0.423. The van der Waals surface area contributed by atoms with Gasteiger partial charge in [0.2, 0.25) is 0 Å². The first-order valence-electron chi connectivity index (χ1n) is 11.2. The number of imide groups is 1. The lowest BCUT2D eigenvalue weighted by molar-refractivity contribution is -0.131. The summed E-state index contributed by atoms with van der Waals surface area (Å²) < 4.78 is 31.1. The van der Waals surface area contributed by atoms with Gasteiger partial charge < -0.3 is 14.6 Å². The maximum absolute atomic E-state index is 13.4. The van der Waals surface area contributed by atoms with Gasteiger partial charge in [0.15, 0.2) is 5.78 Å². The molecule has 1 aliphatic carbocycles. The molecule has 2 heterocycles. The number of rotatable bonds is 6. The van der Waals surface area contributed by atoms with Crippen LogP contribution in [-0.4, -0.2) is 40.3 Å². The molecular formula is C26H23F2N3O4. The third-order valence-electron chi connectivity index (χ3n) is 6.78. The van der Waals surface area contributed by atoms with Gasteiger partial charge in [0, 0.05) is 22.6 Å². The van der Waals surface area contributed by atoms with Crippen molar-refractivity contribution in [1.29, 1.82) is 0 Å². The van der Waals surface area contributed by atoms with Crippen LogP contribution < -0.4 is 10.1 Å². The molecule has 35 heavy (non-hydrogen) atoms. The molecule has 1 spiro atoms. The van der Waals surface area contributed by atoms with E-state index >= 15 is 0 Å². The van der Waals surface area contributed by atoms with E-state index in [0.717, 1.165) is 21.7 Å². The highest BCUT2D eigenvalue weighted by molar-refractivity contribution is 6.12. The Morgan fingerprint density at radius 1 is 1.11 bits per heavy atom. The molecule has 1 saturated heterocycles. The molecule has 3 amide bonds. The lowest BCUT2D eigenvalue weighted by atomic mass is 9.92. The molecule has 0 bridgehead atoms. The number of benzene rings is 2. The SMILES string of the molecule is Cc1cc(C(=O)CN2C(=O)N[C@@]3(CCc4ccccc43)C2=O)c(C)n1-c1ccc(OC(F)F)cc1. The molecule has 1 aromatic heterocycles. The second kappa shape index (κ2) is 8.33. The molecule has 1 N–H and O–H groups in total. The normalized spacial score (nSPS) is 18.9. The summed E-state index contributed by atoms with van der Waals surface area (Å²) in [6.07, 6.45) is 1.13. The largest absolute Gasteiger partial charge is 0.435 e. The number of amides is 3. The molecule has 2 aliphatic rings. The molecule has 1 atom stereocenters. The van der Waals surface area contributed by atoms with Gasteiger partial charge in [-0.3, -0.25) is 14.5 Å². The Morgan fingerprint density at radius 3 is 2.54 bits per heavy atom. The average Bonchev–Trinajstić information content (AvgIpc) is 3.42. The lowest BCUT2D eigenvalue weighted by Gasteiger charge is -2.22. The molecule has 3 aromatic rings. The minimum Gasteiger partial charge on any atom is -0.435 e. The number of urea groups is 1. The van der Waals surface area contributed by atoms with E-state index in [9.17, 15) is 23.2 Å². The highest BCUT2D eigenvalue weighted by Gasteiger charge is 2.55. The number of aryl methyl sites for hydroxylation is 2. The monoisotopic (exact) mass is 479 g/mol. The third kappa shape index (κ3) is 3.67. The van der Waals surface area contributed by atoms with E-state index in [1.165, 1.54) is 12.1 Å². The number of hydrogen-bond donors (Lipinski definition) is 1. The summed E-state index contributed by atoms with van der Waals surface area (Å²) >= 11 is 0. The summed E-state index contributed by atoms with van der Waals surface area (Å²) in [6.45, 7) is 0.276. The first kappa shape index (κ1) is 22.8. The molecule has 5 rings (SSSR count). The van der Waals surface area contributed by atoms with Gasteiger partial charge in [-0.05, 0) is 68.1 Å². The summed E-state index contributed by atoms with van der Waals surface area (Å²) in [5.41, 5.74) is 3.08. The highest BCUT2D eigenvalue weighted by Crippen LogP contribution is 2.41. The molecule has 1 fully saturated rings. The fourth-order valence-electron chi connectivity index (χ4n) is 5.18. The number of nitrogens with zero attached hydrogens (tertiary/aromatic N) is 2. The summed E-state index contributed by atoms with van der Waals surface area (Å²) in [5, 5.41) is 2.83. The number of carbonyl (C=O) groups excluding carboxylic acids is 3. The first-order chi connectivity index (χ1) is 16.7. The molecule has 180 valence electrons. The molecule has 0 radical (unpaired) electrons. The van der Waals surface area contributed by atoms with Crippen molar-refractivity contribution in [2.45, 2.75) is 38.8 Å². The second-order valence-corrected chi connectivity index (χ2v) is 8.80. The van der Waals surface area contributed by atoms with Crippen LogP contribution in [0.1, 0.15) is 39.3 Å². The van der Waals surface area contributed by atoms with Crippen LogP contribution in [0.5, 0.6) is 5.75 Å². The minimum atomic E-state index is -2.91. The molecule has 0 unspecified atom stereocenters. The number of hydrogen-bond acceptors (Lipinski definition) is 4. The van der Waals surface area contributed by atoms with Crippen molar-refractivity contribution in [3.63, 3.8) is 0 Å². The van der Waals surface area contributed by atoms with E-state index in [1.54, 1.807) is 29.7 Å². The summed E-state index contributed by atoms with van der Waals surface area (Å²) in [4.78, 5) is 40.4. The van der Waals surface area contributed by atoms with Gasteiger partial charge >= 0.3 is 12.6 Å². The Hall–Kier alpha value is -4.01. The molecule has 1 aliphatic heterocycles. The van der Waals surface area contributed by atoms with E-state index in [0.29, 0.717) is 29.8 Å². The zero-order valence-electron chi connectivity index (χ0n) is 19.2. The Balaban J connectivity index is 1.38. The van der Waals surface area contributed by atoms with E-state index in [1.807, 2.05) is 31.2 Å². The van der Waals surface area contributed by atoms with Crippen molar-refractivity contribution in [2.75, 3.05) is 6.54 Å². The number of alkyl halides is 2. The number of carbonyl (C=O) groups is 3. The van der Waals surface area contributed by atoms with E-state index in [4.69, 9.17) is 0 Å². The molecule has 9 heteroatoms. The van der Waals surface area contributed by atoms with E-state index in [-0.39, 0.29) is 18.1 Å². The van der Waals surface area contributed by atoms with Gasteiger partial charge in [0.25, 0.3) is 5.91 Å². The summed E-state index contributed by atoms with van der Waals surface area (Å²) in [6, 6.07) is 14.7. The fraction of sp³-hybridized carbons (Fsp3) is 0.269. The van der Waals surface area contributed by atoms with E-state index in [2.05, 4.69) is 10.1 Å². The van der Waals surface area contributed by atoms with Crippen molar-refractivity contribution < 1.29 is 27.9 Å². The maximum atomic E-state index is 13.4. The van der Waals surface area contributed by atoms with Crippen LogP contribution in [-0.2, 0) is 16.8 Å². The van der Waals surface area contributed by atoms with Crippen LogP contribution in [0.25, 0.3) is 5.69 Å². The topological polar surface area (TPSA) is 80.6 Å². The number of ketones is 1. The second-order valence-electron chi connectivity index (χ2n) is 8.80. The number of fused-ring (bicyclic) bond motifs is 2. The zero-order chi connectivity index (χ0) is 24.9. The van der Waals surface area contributed by atoms with Crippen LogP contribution in [0.4, 0.5) is 13.6 Å². The molecule has 0 saturated carbocycles. The summed E-state index contributed by atoms with van der Waals surface area (Å²) in [7, 11) is 0. The van der Waals surface area contributed by atoms with Crippen molar-refractivity contribution in [3.05, 3.63) is 82.7 Å². The van der Waals surface area contributed by atoms with Crippen molar-refractivity contribution in [2.24, 2.45) is 0 Å². The Labute approximate surface area is 200 Å². The van der Waals surface area contributed by atoms with Gasteiger partial charge in [0.05, 0.1) is 6.54 Å². The van der Waals surface area contributed by atoms with Gasteiger partial charge in [-0.2, -0.15) is 8.78 Å². The molecule has 2 aromatic carbocycles. The van der Waals surface area contributed by atoms with Crippen LogP contribution >= 0.6 is 0 Å². The highest BCUT2D eigenvalue weighted by atomic mass is 19.3. The number of halogens is 2. The molecule has 7 nitrogen and oxygen atoms in total. The fourth-order valence-corrected chi connectivity index (χ4v) is 5.18. The predicted octanol–water partition coefficient (Wildman–Crippen LogP) is 4.27. The standard InChI is InChI=1S/C26H23F2N3O4/c1-15-13-20(16(2)31(15)18-7-9-19(10-8-18)35-24(27)28)22(32)14-30-23(33)26(29-25(30)34)12-11-17-5-3-4-6-21(17)26/h3-10,13,24H,11-12,14H2,1-2H3,(H,29,34)/t26-/m1/s1. The average molecular weight is 479 g/mol. The van der Waals surface area contributed by atoms with Gasteiger partial charge in [-0.15, -0.1) is 0 Å². The van der Waals surface area contributed by atoms with Crippen LogP contribution in [0.3, 0.4) is 0 Å². The van der Waals surface area contributed by atoms with Crippen molar-refractivity contribution in [1.82, 2.24) is 14.8 Å². The maximum Gasteiger partial charge on any atom is 0.387 e. The zero-order valence-corrected chi connectivity index (χ0v) is 19.2. The molecular weight excluding hydrogens is 456 g/mol. The van der Waals surface area contributed by atoms with E-state index < -0.39 is 24.1 Å². The van der Waals surface area contributed by atoms with Gasteiger partial charge in [0.1, 0.15) is 11.3 Å². The first-order valence-corrected chi connectivity index (χ1v) is 11.2. The Bertz CT molecular complexity index is 1350. The minimum absolute atomic E-state index is 0.0310. The third-order valence-corrected chi connectivity index (χ3v) is 6.78. The number of ether oxygens (including phenoxy) is 1. The predicted molar refractivity (Wildman–Crippen MR) is 123 cm³/mol. The van der Waals surface area contributed by atoms with Crippen LogP contribution in [0, 0.1) is 13.8 Å². The summed E-state index contributed by atoms with van der Waals surface area (Å²) in [5.74, 6) is -0.749. The number of Topliss-reactive ketones (excluding diaryl/α,β-unsaturated/α-hetero) is 1. The number of aromatic nitrogens is 1. The van der Waals surface area contributed by atoms with Crippen LogP contribution in [0.2, 0.25) is 0 Å². The lowest BCUT2D eigenvalue weighted by Crippen LogP contribution is -2.42. The Morgan fingerprint density at radius 2 is 1.83 bits per heavy atom. The Kier molecular flexibility index (Phi) is 5.42. The van der Waals surface area contributed by atoms with Crippen molar-refractivity contribution >= 4 is 17.7 Å². The van der Waals surface area contributed by atoms with Gasteiger partial charge in [-0.25, -0.2) is 4.79 Å². The van der Waals surface area contributed by atoms with Gasteiger partial charge in [-0.1, -0.05) is 24.3 Å². The van der Waals surface area contributed by atoms with Crippen molar-refractivity contribution in [3.8, 4) is 11.4 Å². The number of nitrogens with one attached hydrogen (secondary N) is 1. The smallest absolute Gasteiger partial charge is 0.387 e.